The van der Waals surface area contributed by atoms with Crippen molar-refractivity contribution in [2.45, 2.75) is 137 Å². The first-order valence-corrected chi connectivity index (χ1v) is 19.2. The fourth-order valence-corrected chi connectivity index (χ4v) is 8.53. The highest BCUT2D eigenvalue weighted by Gasteiger charge is 2.69. The predicted octanol–water partition coefficient (Wildman–Crippen LogP) is 3.94. The highest BCUT2D eigenvalue weighted by Crippen LogP contribution is 2.65. The van der Waals surface area contributed by atoms with Crippen molar-refractivity contribution in [2.75, 3.05) is 26.2 Å². The van der Waals surface area contributed by atoms with Crippen molar-refractivity contribution in [3.05, 3.63) is 12.7 Å². The van der Waals surface area contributed by atoms with Crippen LogP contribution in [0, 0.1) is 34.0 Å². The second-order valence-corrected chi connectivity index (χ2v) is 17.9. The van der Waals surface area contributed by atoms with E-state index in [0.717, 1.165) is 38.5 Å². The van der Waals surface area contributed by atoms with Gasteiger partial charge in [0, 0.05) is 32.6 Å². The number of amides is 6. The third kappa shape index (κ3) is 9.52. The van der Waals surface area contributed by atoms with E-state index in [1.807, 2.05) is 32.6 Å². The molecular formula is C39H64N6O6. The van der Waals surface area contributed by atoms with Crippen LogP contribution >= 0.6 is 0 Å². The van der Waals surface area contributed by atoms with Crippen molar-refractivity contribution in [1.29, 1.82) is 0 Å². The number of Topliss-reactive ketones (excluding diaryl/α,β-unsaturated/α-hetero) is 1. The Kier molecular flexibility index (Phi) is 12.7. The molecule has 4 N–H and O–H groups in total. The van der Waals surface area contributed by atoms with Crippen LogP contribution in [0.1, 0.15) is 113 Å². The number of rotatable bonds is 14. The van der Waals surface area contributed by atoms with Gasteiger partial charge in [-0.1, -0.05) is 87.1 Å². The average Bonchev–Trinajstić information content (AvgIpc) is 3.36. The van der Waals surface area contributed by atoms with Crippen LogP contribution in [0.5, 0.6) is 0 Å². The molecule has 4 aliphatic rings. The lowest BCUT2D eigenvalue weighted by molar-refractivity contribution is -0.144. The van der Waals surface area contributed by atoms with E-state index in [0.29, 0.717) is 32.5 Å². The van der Waals surface area contributed by atoms with Crippen LogP contribution in [-0.4, -0.2) is 95.6 Å². The zero-order valence-corrected chi connectivity index (χ0v) is 32.4. The number of hydrogen-bond donors (Lipinski definition) is 4. The number of carbonyl (C=O) groups is 6. The molecule has 2 saturated heterocycles. The van der Waals surface area contributed by atoms with Crippen molar-refractivity contribution in [1.82, 2.24) is 31.1 Å². The molecule has 12 heteroatoms. The monoisotopic (exact) mass is 712 g/mol. The molecule has 6 atom stereocenters. The quantitative estimate of drug-likeness (QED) is 0.158. The predicted molar refractivity (Wildman–Crippen MR) is 196 cm³/mol. The number of piperidine rings is 2. The minimum absolute atomic E-state index is 0.0458. The summed E-state index contributed by atoms with van der Waals surface area (Å²) < 4.78 is 0. The average molecular weight is 713 g/mol. The van der Waals surface area contributed by atoms with Gasteiger partial charge in [0.2, 0.25) is 23.5 Å². The van der Waals surface area contributed by atoms with Crippen LogP contribution in [0.2, 0.25) is 0 Å². The summed E-state index contributed by atoms with van der Waals surface area (Å²) in [5.41, 5.74) is -0.582. The molecule has 2 aliphatic heterocycles. The van der Waals surface area contributed by atoms with Gasteiger partial charge in [0.25, 0.3) is 5.91 Å². The van der Waals surface area contributed by atoms with E-state index in [1.165, 1.54) is 6.08 Å². The van der Waals surface area contributed by atoms with Gasteiger partial charge in [0.1, 0.15) is 12.1 Å². The zero-order valence-electron chi connectivity index (χ0n) is 32.4. The topological polar surface area (TPSA) is 157 Å². The van der Waals surface area contributed by atoms with E-state index in [1.54, 1.807) is 4.90 Å². The molecule has 51 heavy (non-hydrogen) atoms. The first kappa shape index (κ1) is 40.3. The Morgan fingerprint density at radius 1 is 1.00 bits per heavy atom. The zero-order chi connectivity index (χ0) is 37.9. The van der Waals surface area contributed by atoms with Crippen LogP contribution in [0.15, 0.2) is 12.7 Å². The second-order valence-electron chi connectivity index (χ2n) is 17.9. The van der Waals surface area contributed by atoms with E-state index in [-0.39, 0.29) is 64.8 Å². The number of likely N-dealkylation sites (tertiary alicyclic amines) is 2. The lowest BCUT2D eigenvalue weighted by Crippen LogP contribution is -2.62. The normalized spacial score (nSPS) is 25.9. The molecule has 4 rings (SSSR count). The molecular weight excluding hydrogens is 648 g/mol. The second kappa shape index (κ2) is 16.1. The molecule has 0 aromatic carbocycles. The molecule has 1 unspecified atom stereocenters. The van der Waals surface area contributed by atoms with Crippen molar-refractivity contribution in [2.24, 2.45) is 34.0 Å². The van der Waals surface area contributed by atoms with E-state index >= 15 is 0 Å². The van der Waals surface area contributed by atoms with Gasteiger partial charge in [-0.3, -0.25) is 24.0 Å². The molecule has 286 valence electrons. The largest absolute Gasteiger partial charge is 0.346 e. The van der Waals surface area contributed by atoms with Gasteiger partial charge in [-0.25, -0.2) is 4.79 Å². The Balaban J connectivity index is 1.53. The fraction of sp³-hybridized carbons (Fsp3) is 0.795. The smallest absolute Gasteiger partial charge is 0.315 e. The molecule has 2 saturated carbocycles. The highest BCUT2D eigenvalue weighted by molar-refractivity contribution is 6.38. The summed E-state index contributed by atoms with van der Waals surface area (Å²) in [5.74, 6) is -2.26. The standard InChI is InChI=1S/C39H64N6O6/c1-10-15-26(32(47)34(49)40-19-11-2)41-33(48)31-29-25(39(29,8)9)22-45(31)35(50)30(24-16-13-12-14-17-24)43-36(51)42-27(37(3,4)5)23-44-20-18-38(6,7)21-28(44)46/h11,24-27,29-31H,2,10,12-23H2,1,3-9H3,(H,40,49)(H,41,48)(H2,42,43,51)/t25-,26?,27-,29-,30-,31-/m0/s1. The van der Waals surface area contributed by atoms with Gasteiger partial charge in [-0.2, -0.15) is 0 Å². The van der Waals surface area contributed by atoms with Crippen molar-refractivity contribution >= 4 is 35.4 Å². The van der Waals surface area contributed by atoms with Crippen molar-refractivity contribution in [3.63, 3.8) is 0 Å². The summed E-state index contributed by atoms with van der Waals surface area (Å²) in [6.45, 7) is 21.4. The van der Waals surface area contributed by atoms with Crippen molar-refractivity contribution in [3.8, 4) is 0 Å². The molecule has 2 heterocycles. The van der Waals surface area contributed by atoms with Gasteiger partial charge >= 0.3 is 6.03 Å². The Morgan fingerprint density at radius 2 is 1.67 bits per heavy atom. The SMILES string of the molecule is C=CCNC(=O)C(=O)C(CCC)NC(=O)[C@@H]1[C@@H]2[C@H](CN1C(=O)[C@@H](NC(=O)N[C@@H](CN1CCC(C)(C)CC1=O)C(C)(C)C)C1CCCCC1)C2(C)C. The molecule has 2 aliphatic carbocycles. The van der Waals surface area contributed by atoms with E-state index in [9.17, 15) is 28.8 Å². The Morgan fingerprint density at radius 3 is 2.25 bits per heavy atom. The maximum absolute atomic E-state index is 14.7. The lowest BCUT2D eigenvalue weighted by atomic mass is 9.81. The first-order valence-electron chi connectivity index (χ1n) is 19.2. The number of urea groups is 1. The van der Waals surface area contributed by atoms with Crippen molar-refractivity contribution < 1.29 is 28.8 Å². The minimum Gasteiger partial charge on any atom is -0.346 e. The molecule has 0 bridgehead atoms. The summed E-state index contributed by atoms with van der Waals surface area (Å²) in [6, 6.07) is -3.50. The van der Waals surface area contributed by atoms with Crippen LogP contribution in [0.25, 0.3) is 0 Å². The summed E-state index contributed by atoms with van der Waals surface area (Å²) in [5, 5.41) is 11.5. The summed E-state index contributed by atoms with van der Waals surface area (Å²) in [6.07, 6.45) is 8.22. The third-order valence-corrected chi connectivity index (χ3v) is 12.1. The first-order chi connectivity index (χ1) is 23.8. The van der Waals surface area contributed by atoms with Crippen LogP contribution in [-0.2, 0) is 24.0 Å². The maximum Gasteiger partial charge on any atom is 0.315 e. The Bertz CT molecular complexity index is 1350. The van der Waals surface area contributed by atoms with Gasteiger partial charge in [-0.05, 0) is 59.7 Å². The van der Waals surface area contributed by atoms with Crippen LogP contribution in [0.3, 0.4) is 0 Å². The number of nitrogens with zero attached hydrogens (tertiary/aromatic N) is 2. The summed E-state index contributed by atoms with van der Waals surface area (Å²) in [4.78, 5) is 84.7. The molecule has 6 amide bonds. The maximum atomic E-state index is 14.7. The van der Waals surface area contributed by atoms with Gasteiger partial charge in [0.15, 0.2) is 0 Å². The molecule has 0 radical (unpaired) electrons. The number of nitrogens with one attached hydrogen (secondary N) is 4. The number of ketones is 1. The van der Waals surface area contributed by atoms with Crippen LogP contribution in [0.4, 0.5) is 4.79 Å². The highest BCUT2D eigenvalue weighted by atomic mass is 16.2. The van der Waals surface area contributed by atoms with Gasteiger partial charge < -0.3 is 31.1 Å². The summed E-state index contributed by atoms with van der Waals surface area (Å²) >= 11 is 0. The molecule has 0 spiro atoms. The minimum atomic E-state index is -1.02. The van der Waals surface area contributed by atoms with Gasteiger partial charge in [0.05, 0.1) is 12.1 Å². The van der Waals surface area contributed by atoms with E-state index in [2.05, 4.69) is 55.5 Å². The van der Waals surface area contributed by atoms with Gasteiger partial charge in [-0.15, -0.1) is 6.58 Å². The molecule has 0 aromatic rings. The lowest BCUT2D eigenvalue weighted by Gasteiger charge is -2.41. The molecule has 0 aromatic heterocycles. The molecule has 4 fully saturated rings. The number of hydrogen-bond acceptors (Lipinski definition) is 6. The van der Waals surface area contributed by atoms with Crippen LogP contribution < -0.4 is 21.3 Å². The van der Waals surface area contributed by atoms with E-state index < -0.39 is 41.8 Å². The fourth-order valence-electron chi connectivity index (χ4n) is 8.53. The summed E-state index contributed by atoms with van der Waals surface area (Å²) in [7, 11) is 0. The molecule has 12 nitrogen and oxygen atoms in total. The van der Waals surface area contributed by atoms with E-state index in [4.69, 9.17) is 0 Å². The Hall–Kier alpha value is -3.44. The number of fused-ring (bicyclic) bond motifs is 1. The Labute approximate surface area is 305 Å². The third-order valence-electron chi connectivity index (χ3n) is 12.1. The number of carbonyl (C=O) groups excluding carboxylic acids is 6.